The molecule has 0 unspecified atom stereocenters. The number of carbonyl (C=O) groups is 2. The first-order valence-corrected chi connectivity index (χ1v) is 4.22. The molecule has 0 aliphatic carbocycles. The molecule has 0 saturated heterocycles. The third-order valence-electron chi connectivity index (χ3n) is 0.183. The molecule has 0 amide bonds. The predicted octanol–water partition coefficient (Wildman–Crippen LogP) is -2.90. The van der Waals surface area contributed by atoms with Gasteiger partial charge in [0.1, 0.15) is 0 Å². The Morgan fingerprint density at radius 3 is 1.00 bits per heavy atom. The number of carboxylic acid groups (broad SMARTS) is 2. The van der Waals surface area contributed by atoms with Crippen LogP contribution < -0.4 is 0 Å². The molecule has 0 radical (unpaired) electrons. The van der Waals surface area contributed by atoms with Crippen molar-refractivity contribution in [2.75, 3.05) is 0 Å². The summed E-state index contributed by atoms with van der Waals surface area (Å²) in [5.41, 5.74) is 0. The van der Waals surface area contributed by atoms with Gasteiger partial charge in [0, 0.05) is 0 Å². The summed E-state index contributed by atoms with van der Waals surface area (Å²) in [6.45, 7) is 0. The molecule has 0 fully saturated rings. The molecule has 5 N–H and O–H groups in total. The van der Waals surface area contributed by atoms with E-state index in [1.807, 2.05) is 0 Å². The fraction of sp³-hybridized carbons (Fsp3) is 0. The van der Waals surface area contributed by atoms with Crippen LogP contribution in [-0.2, 0) is 9.59 Å². The fourth-order valence-corrected chi connectivity index (χ4v) is 0. The van der Waals surface area contributed by atoms with Gasteiger partial charge in [0.2, 0.25) is 0 Å². The van der Waals surface area contributed by atoms with Crippen molar-refractivity contribution < 1.29 is 32.1 Å². The van der Waals surface area contributed by atoms with Gasteiger partial charge in [-0.1, -0.05) is 0 Å². The standard InChI is InChI=1S/C2H2O4.AsH3O3/c3-1(4)2(5)6;2-1(3)4/h(H,3,4)(H,5,6);2-4H. The molecule has 10 heavy (non-hydrogen) atoms. The minimum absolute atomic E-state index is 1.82. The summed E-state index contributed by atoms with van der Waals surface area (Å²) in [6.07, 6.45) is 0. The molecule has 0 aromatic rings. The quantitative estimate of drug-likeness (QED) is 0.216. The SMILES string of the molecule is O=C(O)C(=O)O.O[As](O)O. The zero-order valence-electron chi connectivity index (χ0n) is 4.50. The zero-order chi connectivity index (χ0) is 8.73. The molecule has 8 heteroatoms. The molecule has 0 heterocycles. The Morgan fingerprint density at radius 2 is 1.00 bits per heavy atom. The molecular formula is C2H5AsO7. The number of hydrogen-bond acceptors (Lipinski definition) is 5. The van der Waals surface area contributed by atoms with Gasteiger partial charge in [-0.25, -0.2) is 9.59 Å². The van der Waals surface area contributed by atoms with Gasteiger partial charge < -0.3 is 10.2 Å². The summed E-state index contributed by atoms with van der Waals surface area (Å²) in [4.78, 5) is 18.2. The van der Waals surface area contributed by atoms with E-state index in [-0.39, 0.29) is 0 Å². The Balaban J connectivity index is 0. The maximum atomic E-state index is 9.10. The number of rotatable bonds is 0. The number of hydrogen-bond donors (Lipinski definition) is 5. The van der Waals surface area contributed by atoms with E-state index in [0.717, 1.165) is 0 Å². The Bertz CT molecular complexity index is 104. The van der Waals surface area contributed by atoms with Crippen molar-refractivity contribution in [2.24, 2.45) is 0 Å². The Kier molecular flexibility index (Phi) is 7.86. The second-order valence-corrected chi connectivity index (χ2v) is 2.00. The number of carboxylic acids is 2. The normalized spacial score (nSPS) is 8.00. The first-order valence-electron chi connectivity index (χ1n) is 1.71. The summed E-state index contributed by atoms with van der Waals surface area (Å²) in [6, 6.07) is 0. The van der Waals surface area contributed by atoms with E-state index < -0.39 is 27.6 Å². The van der Waals surface area contributed by atoms with E-state index in [0.29, 0.717) is 0 Å². The van der Waals surface area contributed by atoms with Crippen LogP contribution in [0.4, 0.5) is 0 Å². The van der Waals surface area contributed by atoms with Gasteiger partial charge in [0.15, 0.2) is 0 Å². The third-order valence-corrected chi connectivity index (χ3v) is 0.183. The fourth-order valence-electron chi connectivity index (χ4n) is 0. The van der Waals surface area contributed by atoms with E-state index in [2.05, 4.69) is 0 Å². The summed E-state index contributed by atoms with van der Waals surface area (Å²) >= 11 is -3.19. The molecule has 0 aromatic heterocycles. The van der Waals surface area contributed by atoms with Crippen LogP contribution in [0.1, 0.15) is 0 Å². The van der Waals surface area contributed by atoms with E-state index in [1.54, 1.807) is 0 Å². The average Bonchev–Trinajstić information content (AvgIpc) is 1.63. The molecular weight excluding hydrogens is 211 g/mol. The van der Waals surface area contributed by atoms with Crippen LogP contribution in [0.3, 0.4) is 0 Å². The van der Waals surface area contributed by atoms with Crippen LogP contribution in [0.15, 0.2) is 0 Å². The van der Waals surface area contributed by atoms with Crippen LogP contribution in [0.5, 0.6) is 0 Å². The van der Waals surface area contributed by atoms with Crippen LogP contribution in [-0.4, -0.2) is 50.1 Å². The van der Waals surface area contributed by atoms with Gasteiger partial charge in [-0.05, 0) is 0 Å². The van der Waals surface area contributed by atoms with Crippen molar-refractivity contribution in [1.29, 1.82) is 0 Å². The molecule has 0 atom stereocenters. The first kappa shape index (κ1) is 12.1. The number of aliphatic carboxylic acids is 2. The van der Waals surface area contributed by atoms with Crippen molar-refractivity contribution in [2.45, 2.75) is 0 Å². The Hall–Kier alpha value is -0.622. The topological polar surface area (TPSA) is 135 Å². The minimum atomic E-state index is -3.19. The van der Waals surface area contributed by atoms with Gasteiger partial charge in [-0.2, -0.15) is 0 Å². The van der Waals surface area contributed by atoms with E-state index >= 15 is 0 Å². The Morgan fingerprint density at radius 1 is 0.900 bits per heavy atom. The Labute approximate surface area is 60.5 Å². The molecule has 60 valence electrons. The van der Waals surface area contributed by atoms with E-state index in [9.17, 15) is 0 Å². The van der Waals surface area contributed by atoms with Gasteiger partial charge in [0.05, 0.1) is 0 Å². The molecule has 0 spiro atoms. The van der Waals surface area contributed by atoms with Crippen molar-refractivity contribution in [3.63, 3.8) is 0 Å². The van der Waals surface area contributed by atoms with Gasteiger partial charge in [-0.15, -0.1) is 0 Å². The summed E-state index contributed by atoms with van der Waals surface area (Å²) in [7, 11) is 0. The van der Waals surface area contributed by atoms with E-state index in [4.69, 9.17) is 32.1 Å². The van der Waals surface area contributed by atoms with Crippen molar-refractivity contribution in [3.05, 3.63) is 0 Å². The monoisotopic (exact) mass is 216 g/mol. The summed E-state index contributed by atoms with van der Waals surface area (Å²) in [5.74, 6) is -3.65. The molecule has 7 nitrogen and oxygen atoms in total. The molecule has 0 rings (SSSR count). The van der Waals surface area contributed by atoms with Crippen molar-refractivity contribution in [3.8, 4) is 0 Å². The van der Waals surface area contributed by atoms with Crippen molar-refractivity contribution in [1.82, 2.24) is 0 Å². The van der Waals surface area contributed by atoms with Crippen LogP contribution >= 0.6 is 0 Å². The first-order chi connectivity index (χ1) is 4.37. The second-order valence-electron chi connectivity index (χ2n) is 0.879. The second kappa shape index (κ2) is 6.50. The van der Waals surface area contributed by atoms with Crippen LogP contribution in [0, 0.1) is 0 Å². The molecule has 0 aromatic carbocycles. The average molecular weight is 216 g/mol. The van der Waals surface area contributed by atoms with E-state index in [1.165, 1.54) is 0 Å². The van der Waals surface area contributed by atoms with Gasteiger partial charge in [-0.3, -0.25) is 0 Å². The van der Waals surface area contributed by atoms with Crippen LogP contribution in [0.25, 0.3) is 0 Å². The van der Waals surface area contributed by atoms with Crippen molar-refractivity contribution >= 4 is 27.6 Å². The molecule has 0 bridgehead atoms. The van der Waals surface area contributed by atoms with Crippen LogP contribution in [0.2, 0.25) is 0 Å². The predicted molar refractivity (Wildman–Crippen MR) is 27.7 cm³/mol. The maximum absolute atomic E-state index is 9.10. The third kappa shape index (κ3) is 26.3. The van der Waals surface area contributed by atoms with Gasteiger partial charge >= 0.3 is 39.9 Å². The molecule has 0 aliphatic rings. The summed E-state index contributed by atoms with van der Waals surface area (Å²) in [5, 5.41) is 14.8. The molecule has 0 aliphatic heterocycles. The zero-order valence-corrected chi connectivity index (χ0v) is 6.38. The van der Waals surface area contributed by atoms with Gasteiger partial charge in [0.25, 0.3) is 0 Å². The molecule has 0 saturated carbocycles. The summed E-state index contributed by atoms with van der Waals surface area (Å²) < 4.78 is 21.9.